The van der Waals surface area contributed by atoms with Gasteiger partial charge in [-0.1, -0.05) is 320 Å². The van der Waals surface area contributed by atoms with Gasteiger partial charge in [0.25, 0.3) is 0 Å². The molecule has 0 bridgehead atoms. The van der Waals surface area contributed by atoms with Crippen LogP contribution in [0.3, 0.4) is 0 Å². The number of furan rings is 2. The van der Waals surface area contributed by atoms with Crippen molar-refractivity contribution >= 4 is 131 Å². The summed E-state index contributed by atoms with van der Waals surface area (Å²) in [6, 6.07) is 165. The van der Waals surface area contributed by atoms with E-state index >= 15 is 0 Å². The molecule has 0 aliphatic heterocycles. The molecule has 0 N–H and O–H groups in total. The van der Waals surface area contributed by atoms with E-state index in [-0.39, 0.29) is 0 Å². The fourth-order valence-electron chi connectivity index (χ4n) is 19.7. The number of aryl methyl sites for hydroxylation is 4. The van der Waals surface area contributed by atoms with Crippen LogP contribution in [0, 0.1) is 27.7 Å². The molecule has 0 atom stereocenters. The van der Waals surface area contributed by atoms with Crippen LogP contribution >= 0.6 is 0 Å². The molecular formula is C124H88N4O2. The third kappa shape index (κ3) is 14.0. The molecule has 130 heavy (non-hydrogen) atoms. The number of rotatable bonds is 10. The molecule has 0 fully saturated rings. The molecule has 6 heterocycles. The van der Waals surface area contributed by atoms with E-state index in [9.17, 15) is 0 Å². The normalized spacial score (nSPS) is 11.5. The minimum atomic E-state index is 0.928. The molecular weight excluding hydrogens is 1580 g/mol. The lowest BCUT2D eigenvalue weighted by molar-refractivity contribution is 0.668. The average molecular weight is 1670 g/mol. The number of benzene rings is 20. The largest absolute Gasteiger partial charge is 0.456 e. The Labute approximate surface area is 753 Å². The third-order valence-electron chi connectivity index (χ3n) is 25.9. The minimum absolute atomic E-state index is 0.928. The van der Waals surface area contributed by atoms with Gasteiger partial charge >= 0.3 is 0 Å². The Hall–Kier alpha value is -16.8. The lowest BCUT2D eigenvalue weighted by Crippen LogP contribution is -1.95. The summed E-state index contributed by atoms with van der Waals surface area (Å²) in [6.07, 6.45) is 0. The first-order valence-electron chi connectivity index (χ1n) is 44.7. The predicted molar refractivity (Wildman–Crippen MR) is 549 cm³/mol. The van der Waals surface area contributed by atoms with Gasteiger partial charge in [-0.05, 0) is 252 Å². The van der Waals surface area contributed by atoms with Crippen LogP contribution in [0.5, 0.6) is 0 Å². The van der Waals surface area contributed by atoms with E-state index in [2.05, 4.69) is 483 Å². The van der Waals surface area contributed by atoms with Crippen LogP contribution in [0.15, 0.2) is 470 Å². The summed E-state index contributed by atoms with van der Waals surface area (Å²) in [5.41, 5.74) is 38.2. The van der Waals surface area contributed by atoms with Gasteiger partial charge in [-0.3, -0.25) is 0 Å². The van der Waals surface area contributed by atoms with Crippen molar-refractivity contribution in [3.63, 3.8) is 0 Å². The summed E-state index contributed by atoms with van der Waals surface area (Å²) in [5, 5.41) is 14.9. The van der Waals surface area contributed by atoms with Crippen molar-refractivity contribution in [3.8, 4) is 89.5 Å². The number of fused-ring (bicyclic) bond motifs is 18. The molecule has 0 spiro atoms. The Balaban J connectivity index is 0.0000000988. The van der Waals surface area contributed by atoms with Gasteiger partial charge < -0.3 is 27.1 Å². The van der Waals surface area contributed by atoms with Gasteiger partial charge in [0.15, 0.2) is 0 Å². The summed E-state index contributed by atoms with van der Waals surface area (Å²) in [6.45, 7) is 8.63. The van der Waals surface area contributed by atoms with E-state index < -0.39 is 0 Å². The number of aromatic nitrogens is 4. The van der Waals surface area contributed by atoms with Crippen LogP contribution in [0.4, 0.5) is 0 Å². The van der Waals surface area contributed by atoms with Gasteiger partial charge in [-0.2, -0.15) is 0 Å². The maximum atomic E-state index is 6.04. The summed E-state index contributed by atoms with van der Waals surface area (Å²) in [7, 11) is 0. The van der Waals surface area contributed by atoms with Crippen molar-refractivity contribution in [2.24, 2.45) is 0 Å². The molecule has 26 rings (SSSR count). The van der Waals surface area contributed by atoms with Gasteiger partial charge in [0, 0.05) is 92.9 Å². The zero-order valence-corrected chi connectivity index (χ0v) is 72.5. The molecule has 0 radical (unpaired) electrons. The highest BCUT2D eigenvalue weighted by Crippen LogP contribution is 2.46. The van der Waals surface area contributed by atoms with Crippen LogP contribution in [0.25, 0.3) is 221 Å². The molecule has 6 nitrogen and oxygen atoms in total. The molecule has 0 aliphatic carbocycles. The molecule has 0 unspecified atom stereocenters. The Kier molecular flexibility index (Phi) is 19.8. The van der Waals surface area contributed by atoms with Crippen LogP contribution < -0.4 is 0 Å². The summed E-state index contributed by atoms with van der Waals surface area (Å²) in [4.78, 5) is 0. The first-order valence-corrected chi connectivity index (χ1v) is 44.7. The number of nitrogens with zero attached hydrogens (tertiary/aromatic N) is 4. The van der Waals surface area contributed by atoms with Crippen LogP contribution in [0.2, 0.25) is 0 Å². The van der Waals surface area contributed by atoms with Gasteiger partial charge in [0.1, 0.15) is 22.3 Å². The van der Waals surface area contributed by atoms with Crippen molar-refractivity contribution in [1.82, 2.24) is 18.3 Å². The summed E-state index contributed by atoms with van der Waals surface area (Å²) in [5.74, 6) is 0. The number of hydrogen-bond donors (Lipinski definition) is 0. The smallest absolute Gasteiger partial charge is 0.135 e. The van der Waals surface area contributed by atoms with E-state index in [1.165, 1.54) is 199 Å². The molecule has 616 valence electrons. The fraction of sp³-hybridized carbons (Fsp3) is 0.0323. The maximum Gasteiger partial charge on any atom is 0.135 e. The van der Waals surface area contributed by atoms with E-state index in [0.29, 0.717) is 0 Å². The molecule has 0 aliphatic rings. The standard InChI is InChI=1S/2C31H21NO.2C31H23N/c1-20-8-7-12-28-31(20)26-19-21(14-16-27(26)32(28)23-9-3-2-4-10-23)22-15-17-30-25(18-22)24-11-5-6-13-29(24)33-30;1-20-11-14-28-25(17-20)26-18-21(12-15-29(26)32(28)23-7-3-2-4-8-23)22-13-16-31-27(19-22)24-9-5-6-10-30(24)33-31;1-22-15-17-24(18-16-22)27-13-8-14-30-31(27)28-21-25(23-9-4-2-5-10-23)19-20-29(28)32(30)26-11-6-3-7-12-26;1-22-15-17-24(18-16-22)27-13-8-14-28-29-21-25(23-9-4-2-5-10-23)19-20-30(29)32(31(27)28)26-11-6-3-7-12-26/h2*2-19H,1H3;2*2-21H,1H3. The van der Waals surface area contributed by atoms with Gasteiger partial charge in [0.2, 0.25) is 0 Å². The van der Waals surface area contributed by atoms with Crippen molar-refractivity contribution in [2.75, 3.05) is 0 Å². The zero-order valence-electron chi connectivity index (χ0n) is 72.5. The molecule has 20 aromatic carbocycles. The molecule has 6 aromatic heterocycles. The summed E-state index contributed by atoms with van der Waals surface area (Å²) < 4.78 is 21.6. The van der Waals surface area contributed by atoms with Gasteiger partial charge in [-0.25, -0.2) is 0 Å². The third-order valence-corrected chi connectivity index (χ3v) is 25.9. The first kappa shape index (κ1) is 78.0. The number of hydrogen-bond acceptors (Lipinski definition) is 2. The predicted octanol–water partition coefficient (Wildman–Crippen LogP) is 34.2. The number of para-hydroxylation sites is 7. The zero-order chi connectivity index (χ0) is 86.9. The SMILES string of the molecule is Cc1ccc(-c2cccc3c2c2cc(-c4ccccc4)ccc2n3-c2ccccc2)cc1.Cc1ccc(-c2cccc3c4cc(-c5ccccc5)ccc4n(-c4ccccc4)c23)cc1.Cc1ccc2c(c1)c1cc(-c3ccc4oc5ccccc5c4c3)ccc1n2-c1ccccc1.Cc1cccc2c1c1cc(-c3ccc4oc5ccccc5c4c3)ccc1n2-c1ccccc1. The quantitative estimate of drug-likeness (QED) is 0.137. The molecule has 26 aromatic rings. The molecule has 0 saturated heterocycles. The van der Waals surface area contributed by atoms with Crippen molar-refractivity contribution in [3.05, 3.63) is 483 Å². The first-order chi connectivity index (χ1) is 64.1. The van der Waals surface area contributed by atoms with Gasteiger partial charge in [-0.15, -0.1) is 0 Å². The maximum absolute atomic E-state index is 6.04. The van der Waals surface area contributed by atoms with Crippen LogP contribution in [0.1, 0.15) is 22.3 Å². The van der Waals surface area contributed by atoms with E-state index in [0.717, 1.165) is 43.9 Å². The molecule has 0 saturated carbocycles. The van der Waals surface area contributed by atoms with E-state index in [1.54, 1.807) is 0 Å². The lowest BCUT2D eigenvalue weighted by atomic mass is 9.97. The van der Waals surface area contributed by atoms with E-state index in [4.69, 9.17) is 8.83 Å². The van der Waals surface area contributed by atoms with Crippen molar-refractivity contribution < 1.29 is 8.83 Å². The fourth-order valence-corrected chi connectivity index (χ4v) is 19.7. The summed E-state index contributed by atoms with van der Waals surface area (Å²) >= 11 is 0. The Morgan fingerprint density at radius 1 is 0.162 bits per heavy atom. The minimum Gasteiger partial charge on any atom is -0.456 e. The average Bonchev–Trinajstić information content (AvgIpc) is 1.54. The lowest BCUT2D eigenvalue weighted by Gasteiger charge is -2.12. The van der Waals surface area contributed by atoms with Crippen molar-refractivity contribution in [1.29, 1.82) is 0 Å². The highest BCUT2D eigenvalue weighted by Gasteiger charge is 2.23. The Morgan fingerprint density at radius 2 is 0.462 bits per heavy atom. The molecule has 0 amide bonds. The van der Waals surface area contributed by atoms with E-state index in [1.807, 2.05) is 24.3 Å². The van der Waals surface area contributed by atoms with Crippen molar-refractivity contribution in [2.45, 2.75) is 27.7 Å². The highest BCUT2D eigenvalue weighted by molar-refractivity contribution is 6.19. The monoisotopic (exact) mass is 1660 g/mol. The van der Waals surface area contributed by atoms with Gasteiger partial charge in [0.05, 0.1) is 44.1 Å². The van der Waals surface area contributed by atoms with Crippen LogP contribution in [-0.2, 0) is 0 Å². The highest BCUT2D eigenvalue weighted by atomic mass is 16.3. The second-order valence-corrected chi connectivity index (χ2v) is 34.1. The van der Waals surface area contributed by atoms with Crippen LogP contribution in [-0.4, -0.2) is 18.3 Å². The topological polar surface area (TPSA) is 46.0 Å². The second kappa shape index (κ2) is 32.9. The Bertz CT molecular complexity index is 8770. The second-order valence-electron chi connectivity index (χ2n) is 34.1. The molecule has 6 heteroatoms. The Morgan fingerprint density at radius 3 is 0.946 bits per heavy atom.